The van der Waals surface area contributed by atoms with Crippen molar-refractivity contribution < 1.29 is 24.2 Å². The highest BCUT2D eigenvalue weighted by Crippen LogP contribution is 2.64. The summed E-state index contributed by atoms with van der Waals surface area (Å²) in [6.45, 7) is 13.7. The second-order valence-corrected chi connectivity index (χ2v) is 12.4. The molecule has 43 heavy (non-hydrogen) atoms. The maximum Gasteiger partial charge on any atom is 0.248 e. The molecule has 2 unspecified atom stereocenters. The Bertz CT molecular complexity index is 1360. The van der Waals surface area contributed by atoms with E-state index in [1.54, 1.807) is 26.9 Å². The molecular weight excluding hydrogens is 542 g/mol. The van der Waals surface area contributed by atoms with Crippen molar-refractivity contribution in [3.63, 3.8) is 0 Å². The van der Waals surface area contributed by atoms with Crippen molar-refractivity contribution in [2.45, 2.75) is 69.4 Å². The summed E-state index contributed by atoms with van der Waals surface area (Å²) < 4.78 is 6.87. The van der Waals surface area contributed by atoms with E-state index in [0.29, 0.717) is 31.5 Å². The number of benzene rings is 2. The topological polar surface area (TPSA) is 90.4 Å². The number of ether oxygens (including phenoxy) is 1. The number of aliphatic hydroxyl groups excluding tert-OH is 1. The van der Waals surface area contributed by atoms with Gasteiger partial charge in [0.05, 0.1) is 30.1 Å². The second-order valence-electron chi connectivity index (χ2n) is 12.4. The van der Waals surface area contributed by atoms with Gasteiger partial charge < -0.3 is 24.5 Å². The van der Waals surface area contributed by atoms with Crippen LogP contribution in [0.1, 0.15) is 39.2 Å². The number of rotatable bonds is 12. The third-order valence-corrected chi connectivity index (χ3v) is 9.51. The molecule has 5 rings (SSSR count). The number of likely N-dealkylation sites (tertiary alicyclic amines) is 1. The monoisotopic (exact) mass is 585 g/mol. The molecule has 0 aromatic heterocycles. The summed E-state index contributed by atoms with van der Waals surface area (Å²) in [6.07, 6.45) is 4.71. The fourth-order valence-electron chi connectivity index (χ4n) is 7.63. The fourth-order valence-corrected chi connectivity index (χ4v) is 7.63. The fraction of sp³-hybridized carbons (Fsp3) is 0.457. The molecule has 3 aliphatic heterocycles. The zero-order chi connectivity index (χ0) is 30.9. The van der Waals surface area contributed by atoms with E-state index in [4.69, 9.17) is 4.74 Å². The molecule has 3 fully saturated rings. The zero-order valence-corrected chi connectivity index (χ0v) is 25.4. The van der Waals surface area contributed by atoms with Gasteiger partial charge in [-0.3, -0.25) is 14.4 Å². The number of hydrogen-bond donors (Lipinski definition) is 1. The first kappa shape index (κ1) is 30.7. The minimum absolute atomic E-state index is 0.160. The van der Waals surface area contributed by atoms with Crippen LogP contribution in [0.15, 0.2) is 86.0 Å². The normalized spacial score (nSPS) is 28.1. The number of carbonyl (C=O) groups excluding carboxylic acids is 3. The lowest BCUT2D eigenvalue weighted by molar-refractivity contribution is -0.155. The lowest BCUT2D eigenvalue weighted by Crippen LogP contribution is -2.60. The molecule has 8 nitrogen and oxygen atoms in total. The number of fused-ring (bicyclic) bond motifs is 1. The number of amides is 3. The Morgan fingerprint density at radius 2 is 1.65 bits per heavy atom. The van der Waals surface area contributed by atoms with Crippen LogP contribution in [0, 0.1) is 11.8 Å². The van der Waals surface area contributed by atoms with Gasteiger partial charge >= 0.3 is 0 Å². The molecule has 3 amide bonds. The highest BCUT2D eigenvalue weighted by Gasteiger charge is 2.79. The average molecular weight is 586 g/mol. The van der Waals surface area contributed by atoms with Crippen LogP contribution in [0.4, 0.5) is 5.69 Å². The average Bonchev–Trinajstić information content (AvgIpc) is 3.58. The molecule has 228 valence electrons. The van der Waals surface area contributed by atoms with Crippen molar-refractivity contribution in [3.05, 3.63) is 91.5 Å². The van der Waals surface area contributed by atoms with Crippen LogP contribution in [0.5, 0.6) is 0 Å². The third kappa shape index (κ3) is 5.10. The van der Waals surface area contributed by atoms with Gasteiger partial charge in [0, 0.05) is 24.8 Å². The molecule has 0 radical (unpaired) electrons. The molecule has 2 bridgehead atoms. The highest BCUT2D eigenvalue weighted by atomic mass is 16.5. The molecular formula is C35H43N3O5. The summed E-state index contributed by atoms with van der Waals surface area (Å²) in [7, 11) is 0. The van der Waals surface area contributed by atoms with E-state index in [1.807, 2.05) is 81.4 Å². The predicted molar refractivity (Wildman–Crippen MR) is 166 cm³/mol. The molecule has 0 aliphatic carbocycles. The van der Waals surface area contributed by atoms with Crippen molar-refractivity contribution >= 4 is 23.4 Å². The van der Waals surface area contributed by atoms with E-state index in [9.17, 15) is 19.5 Å². The Hall–Kier alpha value is -3.75. The number of nitrogens with zero attached hydrogens (tertiary/aromatic N) is 3. The molecule has 2 aromatic rings. The van der Waals surface area contributed by atoms with Crippen molar-refractivity contribution in [3.8, 4) is 0 Å². The van der Waals surface area contributed by atoms with Crippen LogP contribution in [0.2, 0.25) is 0 Å². The van der Waals surface area contributed by atoms with Crippen LogP contribution < -0.4 is 4.90 Å². The third-order valence-electron chi connectivity index (χ3n) is 9.51. The van der Waals surface area contributed by atoms with Gasteiger partial charge in [0.2, 0.25) is 17.7 Å². The first-order chi connectivity index (χ1) is 20.6. The van der Waals surface area contributed by atoms with Crippen molar-refractivity contribution in [2.75, 3.05) is 24.6 Å². The number of para-hydroxylation sites is 1. The maximum atomic E-state index is 14.8. The van der Waals surface area contributed by atoms with E-state index in [-0.39, 0.29) is 36.9 Å². The van der Waals surface area contributed by atoms with Gasteiger partial charge in [-0.15, -0.1) is 13.2 Å². The molecule has 1 spiro atoms. The highest BCUT2D eigenvalue weighted by molar-refractivity contribution is 6.03. The lowest BCUT2D eigenvalue weighted by Gasteiger charge is -2.40. The molecule has 1 N–H and O–H groups in total. The maximum absolute atomic E-state index is 14.8. The van der Waals surface area contributed by atoms with Gasteiger partial charge in [-0.25, -0.2) is 0 Å². The minimum atomic E-state index is -1.20. The Kier molecular flexibility index (Phi) is 8.63. The quantitative estimate of drug-likeness (QED) is 0.381. The van der Waals surface area contributed by atoms with Crippen molar-refractivity contribution in [1.29, 1.82) is 0 Å². The predicted octanol–water partition coefficient (Wildman–Crippen LogP) is 4.00. The summed E-state index contributed by atoms with van der Waals surface area (Å²) in [5.74, 6) is -2.47. The van der Waals surface area contributed by atoms with Crippen LogP contribution in [0.3, 0.4) is 0 Å². The van der Waals surface area contributed by atoms with Gasteiger partial charge in [0.1, 0.15) is 11.6 Å². The number of aliphatic hydroxyl groups is 1. The molecule has 8 heteroatoms. The summed E-state index contributed by atoms with van der Waals surface area (Å²) >= 11 is 0. The van der Waals surface area contributed by atoms with Crippen LogP contribution in [0.25, 0.3) is 0 Å². The van der Waals surface area contributed by atoms with Gasteiger partial charge in [0.25, 0.3) is 0 Å². The summed E-state index contributed by atoms with van der Waals surface area (Å²) in [4.78, 5) is 48.8. The Morgan fingerprint density at radius 3 is 2.23 bits per heavy atom. The van der Waals surface area contributed by atoms with Crippen LogP contribution in [-0.2, 0) is 25.5 Å². The molecule has 3 aliphatic rings. The summed E-state index contributed by atoms with van der Waals surface area (Å²) in [6, 6.07) is 17.1. The van der Waals surface area contributed by atoms with Gasteiger partial charge in [-0.1, -0.05) is 60.7 Å². The second kappa shape index (κ2) is 12.1. The number of carbonyl (C=O) groups is 3. The van der Waals surface area contributed by atoms with Gasteiger partial charge in [-0.05, 0) is 57.7 Å². The van der Waals surface area contributed by atoms with E-state index in [0.717, 1.165) is 5.56 Å². The SMILES string of the molecule is C=CCN(C(=O)[C@H]1[C@H]2C(=O)N([C@@H](CO)Cc3ccccc3)C(C(=O)N(CC=C)C(C)C)C23CC[C@]1(C)O3)c1ccccc1. The van der Waals surface area contributed by atoms with E-state index in [2.05, 4.69) is 13.2 Å². The van der Waals surface area contributed by atoms with Crippen molar-refractivity contribution in [1.82, 2.24) is 9.80 Å². The van der Waals surface area contributed by atoms with E-state index < -0.39 is 35.1 Å². The Balaban J connectivity index is 1.62. The van der Waals surface area contributed by atoms with E-state index >= 15 is 0 Å². The number of anilines is 1. The van der Waals surface area contributed by atoms with E-state index in [1.165, 1.54) is 0 Å². The lowest BCUT2D eigenvalue weighted by atomic mass is 9.66. The zero-order valence-electron chi connectivity index (χ0n) is 25.4. The molecule has 6 atom stereocenters. The molecule has 3 saturated heterocycles. The first-order valence-electron chi connectivity index (χ1n) is 15.2. The molecule has 0 saturated carbocycles. The van der Waals surface area contributed by atoms with Crippen LogP contribution in [-0.4, -0.2) is 81.7 Å². The smallest absolute Gasteiger partial charge is 0.248 e. The first-order valence-corrected chi connectivity index (χ1v) is 15.2. The van der Waals surface area contributed by atoms with Gasteiger partial charge in [0.15, 0.2) is 0 Å². The van der Waals surface area contributed by atoms with Crippen molar-refractivity contribution in [2.24, 2.45) is 11.8 Å². The number of hydrogen-bond acceptors (Lipinski definition) is 5. The largest absolute Gasteiger partial charge is 0.394 e. The Morgan fingerprint density at radius 1 is 1.02 bits per heavy atom. The molecule has 3 heterocycles. The standard InChI is InChI=1S/C35H43N3O5/c1-6-20-36(24(3)4)33(42)30-35-19-18-34(5,43-35)28(31(40)37(21-7-2)26-16-12-9-13-17-26)29(35)32(41)38(30)27(23-39)22-25-14-10-8-11-15-25/h6-17,24,27-30,39H,1-2,18-23H2,3-5H3/t27-,28-,29+,30?,34+,35?/m1/s1. The Labute approximate surface area is 254 Å². The van der Waals surface area contributed by atoms with Gasteiger partial charge in [-0.2, -0.15) is 0 Å². The summed E-state index contributed by atoms with van der Waals surface area (Å²) in [5, 5.41) is 10.7. The molecule has 2 aromatic carbocycles. The minimum Gasteiger partial charge on any atom is -0.394 e. The van der Waals surface area contributed by atoms with Crippen LogP contribution >= 0.6 is 0 Å². The summed E-state index contributed by atoms with van der Waals surface area (Å²) in [5.41, 5.74) is -0.478.